The van der Waals surface area contributed by atoms with Crippen molar-refractivity contribution < 1.29 is 27.8 Å². The average Bonchev–Trinajstić information content (AvgIpc) is 2.89. The number of ether oxygens (including phenoxy) is 2. The summed E-state index contributed by atoms with van der Waals surface area (Å²) in [6.07, 6.45) is -1.06. The van der Waals surface area contributed by atoms with Crippen LogP contribution in [0.15, 0.2) is 0 Å². The van der Waals surface area contributed by atoms with E-state index >= 15 is 0 Å². The summed E-state index contributed by atoms with van der Waals surface area (Å²) in [5, 5.41) is 17.3. The highest BCUT2D eigenvalue weighted by Gasteiger charge is 2.39. The van der Waals surface area contributed by atoms with Crippen molar-refractivity contribution in [3.8, 4) is 0 Å². The number of carbonyl (C=O) groups is 1. The lowest BCUT2D eigenvalue weighted by Gasteiger charge is -2.14. The van der Waals surface area contributed by atoms with Gasteiger partial charge in [-0.1, -0.05) is 5.21 Å². The van der Waals surface area contributed by atoms with Gasteiger partial charge in [0.15, 0.2) is 15.5 Å². The second kappa shape index (κ2) is 6.08. The third-order valence-corrected chi connectivity index (χ3v) is 4.95. The smallest absolute Gasteiger partial charge is 0.360 e. The Labute approximate surface area is 121 Å². The van der Waals surface area contributed by atoms with E-state index in [4.69, 9.17) is 9.47 Å². The van der Waals surface area contributed by atoms with Crippen LogP contribution in [0.1, 0.15) is 22.2 Å². The van der Waals surface area contributed by atoms with Crippen molar-refractivity contribution in [3.05, 3.63) is 11.4 Å². The molecule has 0 saturated carbocycles. The normalized spacial score (nSPS) is 24.1. The molecule has 1 saturated heterocycles. The van der Waals surface area contributed by atoms with Gasteiger partial charge in [0.2, 0.25) is 0 Å². The van der Waals surface area contributed by atoms with Gasteiger partial charge in [-0.05, 0) is 6.92 Å². The number of aliphatic hydroxyl groups is 1. The highest BCUT2D eigenvalue weighted by atomic mass is 32.2. The summed E-state index contributed by atoms with van der Waals surface area (Å²) in [6.45, 7) is 1.92. The van der Waals surface area contributed by atoms with E-state index in [2.05, 4.69) is 10.3 Å². The summed E-state index contributed by atoms with van der Waals surface area (Å²) in [4.78, 5) is 11.8. The highest BCUT2D eigenvalue weighted by Crippen LogP contribution is 2.25. The molecule has 0 bridgehead atoms. The Balaban J connectivity index is 2.16. The molecule has 2 heterocycles. The third kappa shape index (κ3) is 3.39. The fraction of sp³-hybridized carbons (Fsp3) is 0.727. The summed E-state index contributed by atoms with van der Waals surface area (Å²) in [6, 6.07) is -0.733. The molecular formula is C11H17N3O6S. The van der Waals surface area contributed by atoms with Crippen LogP contribution in [0.25, 0.3) is 0 Å². The number of hydrogen-bond acceptors (Lipinski definition) is 8. The van der Waals surface area contributed by atoms with Crippen LogP contribution in [0.5, 0.6) is 0 Å². The number of methoxy groups -OCH3 is 1. The Morgan fingerprint density at radius 3 is 2.71 bits per heavy atom. The molecule has 1 fully saturated rings. The van der Waals surface area contributed by atoms with Crippen molar-refractivity contribution in [2.24, 2.45) is 0 Å². The molecule has 0 amide bonds. The molecule has 10 heteroatoms. The van der Waals surface area contributed by atoms with Gasteiger partial charge in [-0.15, -0.1) is 5.10 Å². The Morgan fingerprint density at radius 2 is 2.14 bits per heavy atom. The van der Waals surface area contributed by atoms with Crippen LogP contribution in [-0.2, 0) is 19.3 Å². The molecule has 21 heavy (non-hydrogen) atoms. The summed E-state index contributed by atoms with van der Waals surface area (Å²) in [5.74, 6) is -1.20. The Bertz CT molecular complexity index is 626. The van der Waals surface area contributed by atoms with Crippen molar-refractivity contribution in [1.29, 1.82) is 0 Å². The number of sulfone groups is 1. The highest BCUT2D eigenvalue weighted by molar-refractivity contribution is 7.91. The van der Waals surface area contributed by atoms with Crippen LogP contribution in [0, 0.1) is 6.92 Å². The van der Waals surface area contributed by atoms with E-state index in [0.717, 1.165) is 0 Å². The van der Waals surface area contributed by atoms with Gasteiger partial charge in [0.05, 0.1) is 36.0 Å². The van der Waals surface area contributed by atoms with Gasteiger partial charge >= 0.3 is 5.97 Å². The molecule has 1 aliphatic rings. The summed E-state index contributed by atoms with van der Waals surface area (Å²) in [7, 11) is -1.83. The molecule has 0 spiro atoms. The first-order valence-corrected chi connectivity index (χ1v) is 8.14. The Morgan fingerprint density at radius 1 is 1.43 bits per heavy atom. The molecule has 1 aromatic rings. The maximum Gasteiger partial charge on any atom is 0.360 e. The van der Waals surface area contributed by atoms with Gasteiger partial charge in [0, 0.05) is 7.11 Å². The predicted octanol–water partition coefficient (Wildman–Crippen LogP) is -1.28. The molecule has 0 radical (unpaired) electrons. The molecule has 2 atom stereocenters. The maximum absolute atomic E-state index is 11.8. The quantitative estimate of drug-likeness (QED) is 0.526. The SMILES string of the molecule is COCCOC(=O)c1nnn(C2CS(=O)(=O)CC2O)c1C. The molecule has 1 N–H and O–H groups in total. The average molecular weight is 319 g/mol. The largest absolute Gasteiger partial charge is 0.458 e. The van der Waals surface area contributed by atoms with Crippen LogP contribution >= 0.6 is 0 Å². The number of hydrogen-bond donors (Lipinski definition) is 1. The van der Waals surface area contributed by atoms with E-state index in [1.54, 1.807) is 6.92 Å². The minimum absolute atomic E-state index is 0.00241. The van der Waals surface area contributed by atoms with Gasteiger partial charge < -0.3 is 14.6 Å². The van der Waals surface area contributed by atoms with Crippen molar-refractivity contribution in [2.75, 3.05) is 31.8 Å². The second-order valence-electron chi connectivity index (χ2n) is 4.81. The zero-order chi connectivity index (χ0) is 15.6. The lowest BCUT2D eigenvalue weighted by atomic mass is 10.2. The van der Waals surface area contributed by atoms with Gasteiger partial charge in [0.25, 0.3) is 0 Å². The number of aromatic nitrogens is 3. The van der Waals surface area contributed by atoms with Gasteiger partial charge in [-0.2, -0.15) is 0 Å². The van der Waals surface area contributed by atoms with Crippen LogP contribution in [0.4, 0.5) is 0 Å². The molecule has 2 rings (SSSR count). The first-order valence-electron chi connectivity index (χ1n) is 6.32. The number of esters is 1. The number of nitrogens with zero attached hydrogens (tertiary/aromatic N) is 3. The second-order valence-corrected chi connectivity index (χ2v) is 6.96. The third-order valence-electron chi connectivity index (χ3n) is 3.25. The van der Waals surface area contributed by atoms with E-state index in [1.807, 2.05) is 0 Å². The van der Waals surface area contributed by atoms with Gasteiger partial charge in [-0.25, -0.2) is 17.9 Å². The molecule has 1 aromatic heterocycles. The molecular weight excluding hydrogens is 302 g/mol. The first-order chi connectivity index (χ1) is 9.85. The summed E-state index contributed by atoms with van der Waals surface area (Å²) >= 11 is 0. The number of carbonyl (C=O) groups excluding carboxylic acids is 1. The van der Waals surface area contributed by atoms with E-state index in [0.29, 0.717) is 5.69 Å². The molecule has 1 aliphatic heterocycles. The number of aliphatic hydroxyl groups excluding tert-OH is 1. The minimum atomic E-state index is -3.31. The fourth-order valence-electron chi connectivity index (χ4n) is 2.17. The van der Waals surface area contributed by atoms with Crippen LogP contribution in [-0.4, -0.2) is 72.4 Å². The van der Waals surface area contributed by atoms with Crippen LogP contribution in [0.2, 0.25) is 0 Å². The van der Waals surface area contributed by atoms with Gasteiger partial charge in [0.1, 0.15) is 6.61 Å². The van der Waals surface area contributed by atoms with Crippen molar-refractivity contribution in [1.82, 2.24) is 15.0 Å². The van der Waals surface area contributed by atoms with Crippen LogP contribution in [0.3, 0.4) is 0 Å². The lowest BCUT2D eigenvalue weighted by Crippen LogP contribution is -2.24. The fourth-order valence-corrected chi connectivity index (χ4v) is 3.94. The van der Waals surface area contributed by atoms with Crippen molar-refractivity contribution in [2.45, 2.75) is 19.1 Å². The molecule has 0 aliphatic carbocycles. The summed E-state index contributed by atoms with van der Waals surface area (Å²) in [5.41, 5.74) is 0.362. The predicted molar refractivity (Wildman–Crippen MR) is 70.6 cm³/mol. The molecule has 2 unspecified atom stereocenters. The molecule has 0 aromatic carbocycles. The van der Waals surface area contributed by atoms with E-state index in [1.165, 1.54) is 11.8 Å². The summed E-state index contributed by atoms with van der Waals surface area (Å²) < 4.78 is 34.0. The topological polar surface area (TPSA) is 121 Å². The lowest BCUT2D eigenvalue weighted by molar-refractivity contribution is 0.0380. The standard InChI is InChI=1S/C11H17N3O6S/c1-7-10(11(16)20-4-3-19-2)12-13-14(7)8-5-21(17,18)6-9(8)15/h8-9,15H,3-6H2,1-2H3. The van der Waals surface area contributed by atoms with E-state index in [-0.39, 0.29) is 30.4 Å². The van der Waals surface area contributed by atoms with Crippen LogP contribution < -0.4 is 0 Å². The Kier molecular flexibility index (Phi) is 4.59. The van der Waals surface area contributed by atoms with E-state index < -0.39 is 28.0 Å². The zero-order valence-corrected chi connectivity index (χ0v) is 12.5. The molecule has 9 nitrogen and oxygen atoms in total. The number of rotatable bonds is 5. The van der Waals surface area contributed by atoms with Crippen molar-refractivity contribution >= 4 is 15.8 Å². The van der Waals surface area contributed by atoms with Crippen molar-refractivity contribution in [3.63, 3.8) is 0 Å². The maximum atomic E-state index is 11.8. The molecule has 118 valence electrons. The first kappa shape index (κ1) is 15.9. The Hall–Kier alpha value is -1.52. The van der Waals surface area contributed by atoms with Gasteiger partial charge in [-0.3, -0.25) is 0 Å². The zero-order valence-electron chi connectivity index (χ0n) is 11.7. The monoisotopic (exact) mass is 319 g/mol. The van der Waals surface area contributed by atoms with E-state index in [9.17, 15) is 18.3 Å². The minimum Gasteiger partial charge on any atom is -0.458 e.